The Morgan fingerprint density at radius 2 is 2.11 bits per heavy atom. The summed E-state index contributed by atoms with van der Waals surface area (Å²) in [5.74, 6) is 0.485. The van der Waals surface area contributed by atoms with Gasteiger partial charge in [0.1, 0.15) is 11.6 Å². The number of nitrogens with zero attached hydrogens (tertiary/aromatic N) is 1. The molecule has 0 saturated heterocycles. The highest BCUT2D eigenvalue weighted by atomic mass is 79.9. The Bertz CT molecular complexity index is 560. The van der Waals surface area contributed by atoms with Crippen LogP contribution in [0.1, 0.15) is 13.3 Å². The van der Waals surface area contributed by atoms with Crippen LogP contribution in [0.25, 0.3) is 0 Å². The predicted octanol–water partition coefficient (Wildman–Crippen LogP) is 4.55. The van der Waals surface area contributed by atoms with Gasteiger partial charge in [0.05, 0.1) is 5.69 Å². The lowest BCUT2D eigenvalue weighted by atomic mass is 10.3. The maximum Gasteiger partial charge on any atom is 0.147 e. The predicted molar refractivity (Wildman–Crippen MR) is 80.4 cm³/mol. The first kappa shape index (κ1) is 13.8. The third-order valence-corrected chi connectivity index (χ3v) is 3.02. The molecule has 0 bridgehead atoms. The molecule has 0 amide bonds. The minimum absolute atomic E-state index is 0.297. The van der Waals surface area contributed by atoms with E-state index in [1.165, 1.54) is 6.07 Å². The van der Waals surface area contributed by atoms with Crippen LogP contribution in [0.2, 0.25) is 0 Å². The van der Waals surface area contributed by atoms with Gasteiger partial charge in [0.2, 0.25) is 0 Å². The van der Waals surface area contributed by atoms with E-state index in [0.717, 1.165) is 28.9 Å². The number of hydrogen-bond acceptors (Lipinski definition) is 3. The van der Waals surface area contributed by atoms with Gasteiger partial charge in [-0.25, -0.2) is 9.37 Å². The standard InChI is InChI=1S/C14H15BrFN3/c1-2-6-17-14-9-11(5-7-18-14)19-13-4-3-10(15)8-12(13)16/h3-5,7-9H,2,6H2,1H3,(H2,17,18,19). The van der Waals surface area contributed by atoms with E-state index in [1.54, 1.807) is 24.4 Å². The van der Waals surface area contributed by atoms with Crippen molar-refractivity contribution in [3.05, 3.63) is 46.8 Å². The molecule has 0 aliphatic rings. The van der Waals surface area contributed by atoms with E-state index in [4.69, 9.17) is 0 Å². The molecule has 5 heteroatoms. The molecule has 19 heavy (non-hydrogen) atoms. The van der Waals surface area contributed by atoms with Crippen molar-refractivity contribution in [3.8, 4) is 0 Å². The molecule has 3 nitrogen and oxygen atoms in total. The van der Waals surface area contributed by atoms with Gasteiger partial charge in [0, 0.05) is 29.0 Å². The lowest BCUT2D eigenvalue weighted by molar-refractivity contribution is 0.631. The normalized spacial score (nSPS) is 10.3. The fourth-order valence-electron chi connectivity index (χ4n) is 1.60. The van der Waals surface area contributed by atoms with E-state index < -0.39 is 0 Å². The molecular formula is C14H15BrFN3. The summed E-state index contributed by atoms with van der Waals surface area (Å²) in [4.78, 5) is 4.20. The van der Waals surface area contributed by atoms with E-state index in [-0.39, 0.29) is 5.82 Å². The van der Waals surface area contributed by atoms with Crippen molar-refractivity contribution in [2.45, 2.75) is 13.3 Å². The minimum Gasteiger partial charge on any atom is -0.370 e. The summed E-state index contributed by atoms with van der Waals surface area (Å²) < 4.78 is 14.4. The first-order valence-corrected chi connectivity index (χ1v) is 6.90. The van der Waals surface area contributed by atoms with Gasteiger partial charge in [-0.3, -0.25) is 0 Å². The van der Waals surface area contributed by atoms with E-state index in [9.17, 15) is 4.39 Å². The lowest BCUT2D eigenvalue weighted by Gasteiger charge is -2.10. The van der Waals surface area contributed by atoms with Crippen LogP contribution in [-0.4, -0.2) is 11.5 Å². The van der Waals surface area contributed by atoms with Crippen LogP contribution < -0.4 is 10.6 Å². The van der Waals surface area contributed by atoms with Crippen molar-refractivity contribution in [2.75, 3.05) is 17.2 Å². The second kappa shape index (κ2) is 6.52. The third-order valence-electron chi connectivity index (χ3n) is 2.53. The molecule has 1 aromatic carbocycles. The number of pyridine rings is 1. The Labute approximate surface area is 120 Å². The van der Waals surface area contributed by atoms with Crippen molar-refractivity contribution in [1.82, 2.24) is 4.98 Å². The Morgan fingerprint density at radius 3 is 2.84 bits per heavy atom. The van der Waals surface area contributed by atoms with Crippen LogP contribution in [0.3, 0.4) is 0 Å². The van der Waals surface area contributed by atoms with Gasteiger partial charge < -0.3 is 10.6 Å². The summed E-state index contributed by atoms with van der Waals surface area (Å²) in [6.07, 6.45) is 2.72. The Kier molecular flexibility index (Phi) is 4.74. The number of aromatic nitrogens is 1. The smallest absolute Gasteiger partial charge is 0.147 e. The van der Waals surface area contributed by atoms with Crippen LogP contribution in [-0.2, 0) is 0 Å². The largest absolute Gasteiger partial charge is 0.370 e. The molecule has 2 N–H and O–H groups in total. The highest BCUT2D eigenvalue weighted by Crippen LogP contribution is 2.23. The number of rotatable bonds is 5. The molecule has 0 unspecified atom stereocenters. The van der Waals surface area contributed by atoms with E-state index in [0.29, 0.717) is 5.69 Å². The van der Waals surface area contributed by atoms with Crippen molar-refractivity contribution < 1.29 is 4.39 Å². The maximum absolute atomic E-state index is 13.7. The summed E-state index contributed by atoms with van der Waals surface area (Å²) in [5.41, 5.74) is 1.24. The number of hydrogen-bond donors (Lipinski definition) is 2. The fourth-order valence-corrected chi connectivity index (χ4v) is 1.94. The zero-order valence-electron chi connectivity index (χ0n) is 10.6. The van der Waals surface area contributed by atoms with Crippen LogP contribution in [0.15, 0.2) is 41.0 Å². The van der Waals surface area contributed by atoms with E-state index in [2.05, 4.69) is 38.5 Å². The fraction of sp³-hybridized carbons (Fsp3) is 0.214. The molecule has 0 fully saturated rings. The number of benzene rings is 1. The molecule has 1 heterocycles. The van der Waals surface area contributed by atoms with Gasteiger partial charge in [0.25, 0.3) is 0 Å². The number of halogens is 2. The van der Waals surface area contributed by atoms with E-state index in [1.807, 2.05) is 6.07 Å². The maximum atomic E-state index is 13.7. The van der Waals surface area contributed by atoms with Gasteiger partial charge in [-0.1, -0.05) is 22.9 Å². The Hall–Kier alpha value is -1.62. The first-order valence-electron chi connectivity index (χ1n) is 6.11. The highest BCUT2D eigenvalue weighted by molar-refractivity contribution is 9.10. The van der Waals surface area contributed by atoms with Crippen molar-refractivity contribution in [1.29, 1.82) is 0 Å². The topological polar surface area (TPSA) is 37.0 Å². The van der Waals surface area contributed by atoms with Gasteiger partial charge >= 0.3 is 0 Å². The average Bonchev–Trinajstić information content (AvgIpc) is 2.40. The second-order valence-corrected chi connectivity index (χ2v) is 5.02. The lowest BCUT2D eigenvalue weighted by Crippen LogP contribution is -2.02. The molecule has 0 spiro atoms. The molecule has 1 aromatic heterocycles. The third kappa shape index (κ3) is 3.92. The average molecular weight is 324 g/mol. The second-order valence-electron chi connectivity index (χ2n) is 4.11. The summed E-state index contributed by atoms with van der Waals surface area (Å²) in [7, 11) is 0. The molecule has 0 aliphatic carbocycles. The minimum atomic E-state index is -0.297. The summed E-state index contributed by atoms with van der Waals surface area (Å²) in [5, 5.41) is 6.23. The van der Waals surface area contributed by atoms with Crippen molar-refractivity contribution in [3.63, 3.8) is 0 Å². The monoisotopic (exact) mass is 323 g/mol. The van der Waals surface area contributed by atoms with Crippen LogP contribution in [0.5, 0.6) is 0 Å². The molecule has 0 saturated carbocycles. The Balaban J connectivity index is 2.14. The summed E-state index contributed by atoms with van der Waals surface area (Å²) in [6.45, 7) is 2.95. The highest BCUT2D eigenvalue weighted by Gasteiger charge is 2.03. The zero-order valence-corrected chi connectivity index (χ0v) is 12.2. The number of anilines is 3. The molecule has 0 atom stereocenters. The van der Waals surface area contributed by atoms with Gasteiger partial charge in [-0.2, -0.15) is 0 Å². The van der Waals surface area contributed by atoms with Crippen LogP contribution >= 0.6 is 15.9 Å². The molecule has 100 valence electrons. The van der Waals surface area contributed by atoms with Gasteiger partial charge in [-0.15, -0.1) is 0 Å². The van der Waals surface area contributed by atoms with Gasteiger partial charge in [-0.05, 0) is 30.7 Å². The zero-order chi connectivity index (χ0) is 13.7. The molecular weight excluding hydrogens is 309 g/mol. The van der Waals surface area contributed by atoms with Crippen LogP contribution in [0, 0.1) is 5.82 Å². The summed E-state index contributed by atoms with van der Waals surface area (Å²) >= 11 is 3.23. The van der Waals surface area contributed by atoms with Gasteiger partial charge in [0.15, 0.2) is 0 Å². The Morgan fingerprint density at radius 1 is 1.26 bits per heavy atom. The van der Waals surface area contributed by atoms with E-state index >= 15 is 0 Å². The first-order chi connectivity index (χ1) is 9.19. The van der Waals surface area contributed by atoms with Crippen LogP contribution in [0.4, 0.5) is 21.6 Å². The quantitative estimate of drug-likeness (QED) is 0.847. The molecule has 2 aromatic rings. The molecule has 0 aliphatic heterocycles. The SMILES string of the molecule is CCCNc1cc(Nc2ccc(Br)cc2F)ccn1. The molecule has 2 rings (SSSR count). The number of nitrogens with one attached hydrogen (secondary N) is 2. The molecule has 0 radical (unpaired) electrons. The van der Waals surface area contributed by atoms with Crippen molar-refractivity contribution in [2.24, 2.45) is 0 Å². The van der Waals surface area contributed by atoms with Crippen molar-refractivity contribution >= 4 is 33.1 Å². The summed E-state index contributed by atoms with van der Waals surface area (Å²) in [6, 6.07) is 8.58.